The second kappa shape index (κ2) is 5.81. The van der Waals surface area contributed by atoms with Crippen LogP contribution in [0.5, 0.6) is 0 Å². The maximum atomic E-state index is 12.4. The molecule has 23 heavy (non-hydrogen) atoms. The predicted molar refractivity (Wildman–Crippen MR) is 85.7 cm³/mol. The molecule has 0 bridgehead atoms. The minimum atomic E-state index is -0.0370. The number of amides is 1. The molecule has 1 spiro atoms. The number of aromatic nitrogens is 1. The number of furan rings is 1. The molecule has 4 rings (SSSR count). The standard InChI is InChI=1S/C18H21N3O2/c22-17-16(14-3-7-19-8-4-14)12-18(20-17)5-9-21(10-6-18)13-15-2-1-11-23-15/h1-4,7-8,11,16H,5-6,9-10,12-13H2,(H,20,22). The summed E-state index contributed by atoms with van der Waals surface area (Å²) in [6.07, 6.45) is 8.14. The molecule has 4 heterocycles. The monoisotopic (exact) mass is 311 g/mol. The average Bonchev–Trinajstić information content (AvgIpc) is 3.19. The van der Waals surface area contributed by atoms with E-state index in [1.165, 1.54) is 0 Å². The SMILES string of the molecule is O=C1NC2(CCN(Cc3ccco3)CC2)CC1c1ccncc1. The number of hydrogen-bond acceptors (Lipinski definition) is 4. The van der Waals surface area contributed by atoms with Crippen LogP contribution < -0.4 is 5.32 Å². The van der Waals surface area contributed by atoms with Crippen molar-refractivity contribution in [3.05, 3.63) is 54.2 Å². The highest BCUT2D eigenvalue weighted by atomic mass is 16.3. The number of carbonyl (C=O) groups is 1. The summed E-state index contributed by atoms with van der Waals surface area (Å²) in [5.74, 6) is 1.14. The van der Waals surface area contributed by atoms with Gasteiger partial charge in [0.25, 0.3) is 0 Å². The largest absolute Gasteiger partial charge is 0.468 e. The molecule has 0 aliphatic carbocycles. The van der Waals surface area contributed by atoms with Crippen molar-refractivity contribution in [1.82, 2.24) is 15.2 Å². The lowest BCUT2D eigenvalue weighted by molar-refractivity contribution is -0.121. The van der Waals surface area contributed by atoms with Crippen LogP contribution in [0.4, 0.5) is 0 Å². The summed E-state index contributed by atoms with van der Waals surface area (Å²) in [5.41, 5.74) is 1.04. The Hall–Kier alpha value is -2.14. The molecule has 0 radical (unpaired) electrons. The van der Waals surface area contributed by atoms with Gasteiger partial charge in [-0.05, 0) is 49.1 Å². The van der Waals surface area contributed by atoms with Gasteiger partial charge >= 0.3 is 0 Å². The molecular weight excluding hydrogens is 290 g/mol. The second-order valence-corrected chi connectivity index (χ2v) is 6.66. The van der Waals surface area contributed by atoms with E-state index < -0.39 is 0 Å². The van der Waals surface area contributed by atoms with Crippen LogP contribution in [-0.4, -0.2) is 34.4 Å². The topological polar surface area (TPSA) is 58.4 Å². The first kappa shape index (κ1) is 14.5. The van der Waals surface area contributed by atoms with Crippen molar-refractivity contribution in [2.24, 2.45) is 0 Å². The van der Waals surface area contributed by atoms with E-state index in [-0.39, 0.29) is 17.4 Å². The molecule has 2 saturated heterocycles. The van der Waals surface area contributed by atoms with Crippen molar-refractivity contribution < 1.29 is 9.21 Å². The lowest BCUT2D eigenvalue weighted by Crippen LogP contribution is -2.50. The van der Waals surface area contributed by atoms with Gasteiger partial charge in [-0.3, -0.25) is 14.7 Å². The third-order valence-corrected chi connectivity index (χ3v) is 5.18. The van der Waals surface area contributed by atoms with Crippen LogP contribution in [0, 0.1) is 0 Å². The fraction of sp³-hybridized carbons (Fsp3) is 0.444. The Morgan fingerprint density at radius 1 is 1.26 bits per heavy atom. The zero-order valence-electron chi connectivity index (χ0n) is 13.1. The molecule has 1 amide bonds. The lowest BCUT2D eigenvalue weighted by Gasteiger charge is -2.39. The average molecular weight is 311 g/mol. The van der Waals surface area contributed by atoms with Gasteiger partial charge in [0.1, 0.15) is 5.76 Å². The summed E-state index contributed by atoms with van der Waals surface area (Å²) in [6, 6.07) is 7.85. The first-order valence-corrected chi connectivity index (χ1v) is 8.21. The van der Waals surface area contributed by atoms with E-state index in [0.29, 0.717) is 0 Å². The maximum Gasteiger partial charge on any atom is 0.228 e. The van der Waals surface area contributed by atoms with Gasteiger partial charge in [-0.15, -0.1) is 0 Å². The van der Waals surface area contributed by atoms with Crippen LogP contribution in [-0.2, 0) is 11.3 Å². The van der Waals surface area contributed by atoms with Crippen LogP contribution in [0.15, 0.2) is 47.3 Å². The summed E-state index contributed by atoms with van der Waals surface area (Å²) in [4.78, 5) is 18.9. The number of nitrogens with zero attached hydrogens (tertiary/aromatic N) is 2. The quantitative estimate of drug-likeness (QED) is 0.945. The van der Waals surface area contributed by atoms with E-state index in [4.69, 9.17) is 4.42 Å². The molecular formula is C18H21N3O2. The Morgan fingerprint density at radius 3 is 2.74 bits per heavy atom. The number of pyridine rings is 1. The highest BCUT2D eigenvalue weighted by Crippen LogP contribution is 2.39. The Kier molecular flexibility index (Phi) is 3.65. The number of rotatable bonds is 3. The van der Waals surface area contributed by atoms with Gasteiger partial charge in [0.15, 0.2) is 0 Å². The third-order valence-electron chi connectivity index (χ3n) is 5.18. The van der Waals surface area contributed by atoms with Gasteiger partial charge in [-0.25, -0.2) is 0 Å². The van der Waals surface area contributed by atoms with E-state index in [1.807, 2.05) is 24.3 Å². The summed E-state index contributed by atoms with van der Waals surface area (Å²) >= 11 is 0. The Balaban J connectivity index is 1.40. The Morgan fingerprint density at radius 2 is 2.04 bits per heavy atom. The van der Waals surface area contributed by atoms with E-state index >= 15 is 0 Å². The van der Waals surface area contributed by atoms with Crippen molar-refractivity contribution in [1.29, 1.82) is 0 Å². The molecule has 2 aliphatic rings. The molecule has 1 N–H and O–H groups in total. The zero-order valence-corrected chi connectivity index (χ0v) is 13.1. The van der Waals surface area contributed by atoms with E-state index in [1.54, 1.807) is 18.7 Å². The maximum absolute atomic E-state index is 12.4. The molecule has 5 heteroatoms. The van der Waals surface area contributed by atoms with Gasteiger partial charge in [0, 0.05) is 31.0 Å². The van der Waals surface area contributed by atoms with Gasteiger partial charge in [-0.1, -0.05) is 0 Å². The number of nitrogens with one attached hydrogen (secondary N) is 1. The van der Waals surface area contributed by atoms with Crippen LogP contribution in [0.3, 0.4) is 0 Å². The molecule has 0 aromatic carbocycles. The summed E-state index contributed by atoms with van der Waals surface area (Å²) in [5, 5.41) is 3.29. The Bertz CT molecular complexity index is 661. The normalized spacial score (nSPS) is 24.0. The first-order chi connectivity index (χ1) is 11.2. The summed E-state index contributed by atoms with van der Waals surface area (Å²) < 4.78 is 5.43. The Labute approximate surface area is 135 Å². The van der Waals surface area contributed by atoms with Crippen molar-refractivity contribution in [3.8, 4) is 0 Å². The molecule has 2 aromatic rings. The van der Waals surface area contributed by atoms with Crippen molar-refractivity contribution in [2.45, 2.75) is 37.3 Å². The number of carbonyl (C=O) groups excluding carboxylic acids is 1. The van der Waals surface area contributed by atoms with E-state index in [0.717, 1.165) is 50.2 Å². The highest BCUT2D eigenvalue weighted by molar-refractivity contribution is 5.87. The lowest BCUT2D eigenvalue weighted by atomic mass is 9.82. The van der Waals surface area contributed by atoms with Gasteiger partial charge < -0.3 is 9.73 Å². The smallest absolute Gasteiger partial charge is 0.228 e. The molecule has 2 aromatic heterocycles. The summed E-state index contributed by atoms with van der Waals surface area (Å²) in [6.45, 7) is 2.83. The van der Waals surface area contributed by atoms with Gasteiger partial charge in [-0.2, -0.15) is 0 Å². The van der Waals surface area contributed by atoms with Crippen molar-refractivity contribution in [2.75, 3.05) is 13.1 Å². The van der Waals surface area contributed by atoms with Gasteiger partial charge in [0.05, 0.1) is 18.7 Å². The second-order valence-electron chi connectivity index (χ2n) is 6.66. The molecule has 1 unspecified atom stereocenters. The molecule has 1 atom stereocenters. The highest BCUT2D eigenvalue weighted by Gasteiger charge is 2.46. The summed E-state index contributed by atoms with van der Waals surface area (Å²) in [7, 11) is 0. The van der Waals surface area contributed by atoms with E-state index in [2.05, 4.69) is 15.2 Å². The first-order valence-electron chi connectivity index (χ1n) is 8.21. The van der Waals surface area contributed by atoms with Crippen LogP contribution in [0.1, 0.15) is 36.5 Å². The molecule has 2 aliphatic heterocycles. The van der Waals surface area contributed by atoms with Crippen molar-refractivity contribution >= 4 is 5.91 Å². The van der Waals surface area contributed by atoms with Gasteiger partial charge in [0.2, 0.25) is 5.91 Å². The molecule has 120 valence electrons. The molecule has 5 nitrogen and oxygen atoms in total. The van der Waals surface area contributed by atoms with E-state index in [9.17, 15) is 4.79 Å². The van der Waals surface area contributed by atoms with Crippen LogP contribution in [0.2, 0.25) is 0 Å². The fourth-order valence-electron chi connectivity index (χ4n) is 3.84. The minimum absolute atomic E-state index is 0.0328. The van der Waals surface area contributed by atoms with Crippen LogP contribution in [0.25, 0.3) is 0 Å². The zero-order chi connectivity index (χ0) is 15.7. The molecule has 2 fully saturated rings. The predicted octanol–water partition coefficient (Wildman–Crippen LogP) is 2.31. The van der Waals surface area contributed by atoms with Crippen LogP contribution >= 0.6 is 0 Å². The fourth-order valence-corrected chi connectivity index (χ4v) is 3.84. The number of hydrogen-bond donors (Lipinski definition) is 1. The third kappa shape index (κ3) is 2.88. The number of likely N-dealkylation sites (tertiary alicyclic amines) is 1. The number of piperidine rings is 1. The van der Waals surface area contributed by atoms with Crippen molar-refractivity contribution in [3.63, 3.8) is 0 Å². The molecule has 0 saturated carbocycles. The minimum Gasteiger partial charge on any atom is -0.468 e.